The molecule has 0 saturated carbocycles. The first-order chi connectivity index (χ1) is 8.34. The van der Waals surface area contributed by atoms with Gasteiger partial charge in [-0.2, -0.15) is 5.10 Å². The molecule has 1 heterocycles. The lowest BCUT2D eigenvalue weighted by atomic mass is 10.1. The molecular weight excluding hydrogens is 216 g/mol. The third kappa shape index (κ3) is 3.71. The summed E-state index contributed by atoms with van der Waals surface area (Å²) < 4.78 is 0. The third-order valence-corrected chi connectivity index (χ3v) is 2.36. The molecule has 0 aliphatic rings. The summed E-state index contributed by atoms with van der Waals surface area (Å²) in [5.41, 5.74) is 1.02. The zero-order valence-corrected chi connectivity index (χ0v) is 9.39. The van der Waals surface area contributed by atoms with Gasteiger partial charge in [0.1, 0.15) is 12.2 Å². The fourth-order valence-electron chi connectivity index (χ4n) is 1.52. The van der Waals surface area contributed by atoms with Crippen molar-refractivity contribution < 1.29 is 4.79 Å². The molecule has 2 N–H and O–H groups in total. The Morgan fingerprint density at radius 1 is 1.29 bits per heavy atom. The highest BCUT2D eigenvalue weighted by atomic mass is 16.1. The molecule has 17 heavy (non-hydrogen) atoms. The summed E-state index contributed by atoms with van der Waals surface area (Å²) in [6, 6.07) is 9.67. The van der Waals surface area contributed by atoms with Crippen LogP contribution in [0.2, 0.25) is 0 Å². The van der Waals surface area contributed by atoms with Gasteiger partial charge in [0.2, 0.25) is 5.91 Å². The van der Waals surface area contributed by atoms with Gasteiger partial charge in [-0.15, -0.1) is 0 Å². The van der Waals surface area contributed by atoms with Gasteiger partial charge < -0.3 is 5.32 Å². The van der Waals surface area contributed by atoms with Crippen LogP contribution in [0.1, 0.15) is 11.4 Å². The van der Waals surface area contributed by atoms with Crippen molar-refractivity contribution in [3.8, 4) is 0 Å². The third-order valence-electron chi connectivity index (χ3n) is 2.36. The van der Waals surface area contributed by atoms with Gasteiger partial charge in [0.05, 0.1) is 6.42 Å². The Hall–Kier alpha value is -2.17. The van der Waals surface area contributed by atoms with Gasteiger partial charge in [-0.25, -0.2) is 4.98 Å². The van der Waals surface area contributed by atoms with Gasteiger partial charge in [0.15, 0.2) is 0 Å². The predicted molar refractivity (Wildman–Crippen MR) is 63.2 cm³/mol. The number of hydrogen-bond donors (Lipinski definition) is 2. The van der Waals surface area contributed by atoms with Gasteiger partial charge >= 0.3 is 0 Å². The van der Waals surface area contributed by atoms with Crippen LogP contribution in [0.4, 0.5) is 0 Å². The smallest absolute Gasteiger partial charge is 0.224 e. The minimum atomic E-state index is 0.0238. The average molecular weight is 230 g/mol. The largest absolute Gasteiger partial charge is 0.355 e. The van der Waals surface area contributed by atoms with Gasteiger partial charge in [-0.05, 0) is 5.56 Å². The van der Waals surface area contributed by atoms with Crippen LogP contribution >= 0.6 is 0 Å². The van der Waals surface area contributed by atoms with E-state index in [1.807, 2.05) is 30.3 Å². The number of carbonyl (C=O) groups excluding carboxylic acids is 1. The molecule has 1 amide bonds. The standard InChI is InChI=1S/C12H14N4O/c17-12(8-10-4-2-1-3-5-10)13-7-6-11-14-9-15-16-11/h1-5,9H,6-8H2,(H,13,17)(H,14,15,16). The second-order valence-electron chi connectivity index (χ2n) is 3.69. The fraction of sp³-hybridized carbons (Fsp3) is 0.250. The van der Waals surface area contributed by atoms with E-state index in [0.29, 0.717) is 19.4 Å². The number of nitrogens with one attached hydrogen (secondary N) is 2. The highest BCUT2D eigenvalue weighted by Crippen LogP contribution is 1.99. The average Bonchev–Trinajstić information content (AvgIpc) is 2.83. The molecule has 5 nitrogen and oxygen atoms in total. The van der Waals surface area contributed by atoms with E-state index in [2.05, 4.69) is 20.5 Å². The van der Waals surface area contributed by atoms with Crippen molar-refractivity contribution in [1.29, 1.82) is 0 Å². The topological polar surface area (TPSA) is 70.7 Å². The van der Waals surface area contributed by atoms with E-state index in [-0.39, 0.29) is 5.91 Å². The van der Waals surface area contributed by atoms with Crippen molar-refractivity contribution in [3.63, 3.8) is 0 Å². The molecule has 0 unspecified atom stereocenters. The Bertz CT molecular complexity index is 453. The summed E-state index contributed by atoms with van der Waals surface area (Å²) >= 11 is 0. The van der Waals surface area contributed by atoms with Crippen LogP contribution in [-0.4, -0.2) is 27.6 Å². The molecule has 0 aliphatic carbocycles. The van der Waals surface area contributed by atoms with Crippen LogP contribution in [0, 0.1) is 0 Å². The zero-order chi connectivity index (χ0) is 11.9. The number of amides is 1. The van der Waals surface area contributed by atoms with Crippen molar-refractivity contribution in [2.45, 2.75) is 12.8 Å². The minimum Gasteiger partial charge on any atom is -0.355 e. The predicted octanol–water partition coefficient (Wildman–Crippen LogP) is 0.706. The highest BCUT2D eigenvalue weighted by molar-refractivity contribution is 5.78. The molecular formula is C12H14N4O. The Kier molecular flexibility index (Phi) is 3.85. The fourth-order valence-corrected chi connectivity index (χ4v) is 1.52. The molecule has 2 rings (SSSR count). The lowest BCUT2D eigenvalue weighted by Gasteiger charge is -2.03. The molecule has 0 atom stereocenters. The van der Waals surface area contributed by atoms with E-state index in [1.165, 1.54) is 6.33 Å². The number of H-pyrrole nitrogens is 1. The van der Waals surface area contributed by atoms with Crippen LogP contribution in [0.25, 0.3) is 0 Å². The van der Waals surface area contributed by atoms with Crippen molar-refractivity contribution in [3.05, 3.63) is 48.0 Å². The Morgan fingerprint density at radius 2 is 2.12 bits per heavy atom. The molecule has 0 radical (unpaired) electrons. The molecule has 88 valence electrons. The van der Waals surface area contributed by atoms with E-state index in [0.717, 1.165) is 11.4 Å². The summed E-state index contributed by atoms with van der Waals surface area (Å²) in [4.78, 5) is 15.6. The van der Waals surface area contributed by atoms with Gasteiger partial charge in [-0.3, -0.25) is 9.89 Å². The molecule has 2 aromatic rings. The molecule has 1 aromatic heterocycles. The first kappa shape index (κ1) is 11.3. The van der Waals surface area contributed by atoms with Gasteiger partial charge in [0.25, 0.3) is 0 Å². The number of aromatic amines is 1. The molecule has 5 heteroatoms. The number of carbonyl (C=O) groups is 1. The summed E-state index contributed by atoms with van der Waals surface area (Å²) in [5, 5.41) is 9.33. The van der Waals surface area contributed by atoms with Crippen molar-refractivity contribution in [2.24, 2.45) is 0 Å². The van der Waals surface area contributed by atoms with Gasteiger partial charge in [0, 0.05) is 13.0 Å². The highest BCUT2D eigenvalue weighted by Gasteiger charge is 2.02. The second-order valence-corrected chi connectivity index (χ2v) is 3.69. The lowest BCUT2D eigenvalue weighted by molar-refractivity contribution is -0.120. The quantitative estimate of drug-likeness (QED) is 0.794. The summed E-state index contributed by atoms with van der Waals surface area (Å²) in [7, 11) is 0. The van der Waals surface area contributed by atoms with Crippen LogP contribution in [-0.2, 0) is 17.6 Å². The van der Waals surface area contributed by atoms with E-state index in [4.69, 9.17) is 0 Å². The van der Waals surface area contributed by atoms with E-state index in [1.54, 1.807) is 0 Å². The number of rotatable bonds is 5. The second kappa shape index (κ2) is 5.79. The van der Waals surface area contributed by atoms with Crippen molar-refractivity contribution in [1.82, 2.24) is 20.5 Å². The van der Waals surface area contributed by atoms with Crippen molar-refractivity contribution >= 4 is 5.91 Å². The zero-order valence-electron chi connectivity index (χ0n) is 9.39. The monoisotopic (exact) mass is 230 g/mol. The number of nitrogens with zero attached hydrogens (tertiary/aromatic N) is 2. The first-order valence-corrected chi connectivity index (χ1v) is 5.49. The maximum absolute atomic E-state index is 11.6. The van der Waals surface area contributed by atoms with Crippen molar-refractivity contribution in [2.75, 3.05) is 6.54 Å². The summed E-state index contributed by atoms with van der Waals surface area (Å²) in [6.07, 6.45) is 2.54. The first-order valence-electron chi connectivity index (χ1n) is 5.49. The number of benzene rings is 1. The van der Waals surface area contributed by atoms with Crippen LogP contribution in [0.15, 0.2) is 36.7 Å². The Morgan fingerprint density at radius 3 is 2.82 bits per heavy atom. The molecule has 0 aliphatic heterocycles. The SMILES string of the molecule is O=C(Cc1ccccc1)NCCc1ncn[nH]1. The Labute approximate surface area is 99.3 Å². The molecule has 1 aromatic carbocycles. The van der Waals surface area contributed by atoms with Crippen LogP contribution in [0.5, 0.6) is 0 Å². The molecule has 0 bridgehead atoms. The van der Waals surface area contributed by atoms with Crippen LogP contribution in [0.3, 0.4) is 0 Å². The number of hydrogen-bond acceptors (Lipinski definition) is 3. The minimum absolute atomic E-state index is 0.0238. The summed E-state index contributed by atoms with van der Waals surface area (Å²) in [6.45, 7) is 0.570. The van der Waals surface area contributed by atoms with E-state index < -0.39 is 0 Å². The maximum Gasteiger partial charge on any atom is 0.224 e. The molecule has 0 spiro atoms. The lowest BCUT2D eigenvalue weighted by Crippen LogP contribution is -2.27. The normalized spacial score (nSPS) is 10.1. The Balaban J connectivity index is 1.71. The summed E-state index contributed by atoms with van der Waals surface area (Å²) in [5.74, 6) is 0.806. The molecule has 0 saturated heterocycles. The van der Waals surface area contributed by atoms with E-state index in [9.17, 15) is 4.79 Å². The molecule has 0 fully saturated rings. The number of aromatic nitrogens is 3. The maximum atomic E-state index is 11.6. The van der Waals surface area contributed by atoms with Gasteiger partial charge in [-0.1, -0.05) is 30.3 Å². The van der Waals surface area contributed by atoms with Crippen LogP contribution < -0.4 is 5.32 Å². The van der Waals surface area contributed by atoms with E-state index >= 15 is 0 Å².